The summed E-state index contributed by atoms with van der Waals surface area (Å²) in [5, 5.41) is 5.73. The minimum absolute atomic E-state index is 0.0183. The van der Waals surface area contributed by atoms with E-state index in [-0.39, 0.29) is 18.0 Å². The minimum atomic E-state index is -0.128. The van der Waals surface area contributed by atoms with Gasteiger partial charge in [-0.3, -0.25) is 4.79 Å². The first-order chi connectivity index (χ1) is 11.1. The minimum Gasteiger partial charge on any atom is -0.328 e. The number of anilines is 2. The van der Waals surface area contributed by atoms with Gasteiger partial charge in [0.2, 0.25) is 5.91 Å². The van der Waals surface area contributed by atoms with Crippen LogP contribution < -0.4 is 16.4 Å². The van der Waals surface area contributed by atoms with Gasteiger partial charge in [0.25, 0.3) is 0 Å². The van der Waals surface area contributed by atoms with Crippen molar-refractivity contribution in [3.63, 3.8) is 0 Å². The summed E-state index contributed by atoms with van der Waals surface area (Å²) < 4.78 is 0. The van der Waals surface area contributed by atoms with Crippen LogP contribution in [0.25, 0.3) is 0 Å². The normalized spacial score (nSPS) is 17.7. The molecule has 6 nitrogen and oxygen atoms in total. The highest BCUT2D eigenvalue weighted by Gasteiger charge is 2.25. The lowest BCUT2D eigenvalue weighted by atomic mass is 10.0. The Hall–Kier alpha value is -2.08. The predicted molar refractivity (Wildman–Crippen MR) is 92.4 cm³/mol. The van der Waals surface area contributed by atoms with Crippen molar-refractivity contribution in [2.75, 3.05) is 23.7 Å². The molecule has 126 valence electrons. The molecule has 0 saturated carbocycles. The molecule has 0 unspecified atom stereocenters. The first-order valence-corrected chi connectivity index (χ1v) is 8.31. The van der Waals surface area contributed by atoms with Crippen LogP contribution in [0.1, 0.15) is 39.0 Å². The van der Waals surface area contributed by atoms with Crippen molar-refractivity contribution in [3.8, 4) is 0 Å². The van der Waals surface area contributed by atoms with Crippen LogP contribution in [0.5, 0.6) is 0 Å². The summed E-state index contributed by atoms with van der Waals surface area (Å²) in [4.78, 5) is 25.9. The van der Waals surface area contributed by atoms with Crippen molar-refractivity contribution < 1.29 is 9.59 Å². The fraction of sp³-hybridized carbons (Fsp3) is 0.529. The Morgan fingerprint density at radius 2 is 2.00 bits per heavy atom. The predicted octanol–water partition coefficient (Wildman–Crippen LogP) is 2.77. The molecule has 6 heteroatoms. The van der Waals surface area contributed by atoms with Gasteiger partial charge in [-0.25, -0.2) is 4.79 Å². The summed E-state index contributed by atoms with van der Waals surface area (Å²) in [5.74, 6) is -0.0183. The SMILES string of the molecule is CCCC(=O)Nc1cccc(NC(=O)N2CCCC[C@H]2CN)c1. The zero-order valence-electron chi connectivity index (χ0n) is 13.7. The summed E-state index contributed by atoms with van der Waals surface area (Å²) in [5.41, 5.74) is 7.13. The van der Waals surface area contributed by atoms with E-state index >= 15 is 0 Å². The highest BCUT2D eigenvalue weighted by molar-refractivity contribution is 5.93. The molecule has 1 aromatic carbocycles. The van der Waals surface area contributed by atoms with Crippen LogP contribution in [0.4, 0.5) is 16.2 Å². The van der Waals surface area contributed by atoms with E-state index in [1.807, 2.05) is 30.0 Å². The van der Waals surface area contributed by atoms with Crippen molar-refractivity contribution in [2.45, 2.75) is 45.1 Å². The Labute approximate surface area is 137 Å². The van der Waals surface area contributed by atoms with Gasteiger partial charge in [0, 0.05) is 36.9 Å². The third-order valence-electron chi connectivity index (χ3n) is 4.03. The zero-order valence-corrected chi connectivity index (χ0v) is 13.7. The van der Waals surface area contributed by atoms with Gasteiger partial charge in [0.15, 0.2) is 0 Å². The van der Waals surface area contributed by atoms with E-state index in [0.29, 0.717) is 24.3 Å². The molecule has 0 aromatic heterocycles. The van der Waals surface area contributed by atoms with Crippen molar-refractivity contribution in [1.82, 2.24) is 4.90 Å². The van der Waals surface area contributed by atoms with Gasteiger partial charge in [0.1, 0.15) is 0 Å². The molecule has 0 radical (unpaired) electrons. The van der Waals surface area contributed by atoms with E-state index in [4.69, 9.17) is 5.73 Å². The molecule has 1 atom stereocenters. The summed E-state index contributed by atoms with van der Waals surface area (Å²) in [7, 11) is 0. The van der Waals surface area contributed by atoms with Gasteiger partial charge in [-0.2, -0.15) is 0 Å². The third-order valence-corrected chi connectivity index (χ3v) is 4.03. The topological polar surface area (TPSA) is 87.5 Å². The lowest BCUT2D eigenvalue weighted by Crippen LogP contribution is -2.49. The van der Waals surface area contributed by atoms with Crippen LogP contribution in [0.3, 0.4) is 0 Å². The molecule has 1 aliphatic heterocycles. The standard InChI is InChI=1S/C17H26N4O2/c1-2-6-16(22)19-13-7-5-8-14(11-13)20-17(23)21-10-4-3-9-15(21)12-18/h5,7-8,11,15H,2-4,6,9-10,12,18H2,1H3,(H,19,22)(H,20,23)/t15-/m0/s1. The summed E-state index contributed by atoms with van der Waals surface area (Å²) in [6.45, 7) is 3.18. The van der Waals surface area contributed by atoms with Crippen LogP contribution in [0.15, 0.2) is 24.3 Å². The Morgan fingerprint density at radius 1 is 1.26 bits per heavy atom. The van der Waals surface area contributed by atoms with Gasteiger partial charge in [-0.1, -0.05) is 13.0 Å². The maximum absolute atomic E-state index is 12.4. The molecule has 1 heterocycles. The quantitative estimate of drug-likeness (QED) is 0.780. The van der Waals surface area contributed by atoms with E-state index in [1.165, 1.54) is 0 Å². The van der Waals surface area contributed by atoms with E-state index in [9.17, 15) is 9.59 Å². The van der Waals surface area contributed by atoms with Crippen molar-refractivity contribution in [1.29, 1.82) is 0 Å². The molecular weight excluding hydrogens is 292 g/mol. The summed E-state index contributed by atoms with van der Waals surface area (Å²) in [6, 6.07) is 7.19. The molecule has 0 aliphatic carbocycles. The number of urea groups is 1. The molecule has 1 aromatic rings. The van der Waals surface area contributed by atoms with E-state index in [0.717, 1.165) is 32.2 Å². The number of likely N-dealkylation sites (tertiary alicyclic amines) is 1. The van der Waals surface area contributed by atoms with Gasteiger partial charge < -0.3 is 21.3 Å². The largest absolute Gasteiger partial charge is 0.328 e. The van der Waals surface area contributed by atoms with Gasteiger partial charge in [0.05, 0.1) is 0 Å². The maximum atomic E-state index is 12.4. The Morgan fingerprint density at radius 3 is 2.70 bits per heavy atom. The number of nitrogens with two attached hydrogens (primary N) is 1. The van der Waals surface area contributed by atoms with Crippen LogP contribution >= 0.6 is 0 Å². The number of nitrogens with zero attached hydrogens (tertiary/aromatic N) is 1. The number of rotatable bonds is 5. The molecule has 0 spiro atoms. The number of hydrogen-bond donors (Lipinski definition) is 3. The van der Waals surface area contributed by atoms with Crippen LogP contribution in [0.2, 0.25) is 0 Å². The molecule has 3 amide bonds. The van der Waals surface area contributed by atoms with E-state index < -0.39 is 0 Å². The smallest absolute Gasteiger partial charge is 0.322 e. The number of piperidine rings is 1. The number of amides is 3. The highest BCUT2D eigenvalue weighted by atomic mass is 16.2. The second-order valence-corrected chi connectivity index (χ2v) is 5.89. The highest BCUT2D eigenvalue weighted by Crippen LogP contribution is 2.20. The monoisotopic (exact) mass is 318 g/mol. The first-order valence-electron chi connectivity index (χ1n) is 8.31. The number of hydrogen-bond acceptors (Lipinski definition) is 3. The molecule has 1 saturated heterocycles. The van der Waals surface area contributed by atoms with Crippen LogP contribution in [-0.2, 0) is 4.79 Å². The van der Waals surface area contributed by atoms with E-state index in [2.05, 4.69) is 10.6 Å². The summed E-state index contributed by atoms with van der Waals surface area (Å²) in [6.07, 6.45) is 4.37. The van der Waals surface area contributed by atoms with Gasteiger partial charge in [-0.05, 0) is 43.9 Å². The number of nitrogens with one attached hydrogen (secondary N) is 2. The fourth-order valence-electron chi connectivity index (χ4n) is 2.83. The molecule has 1 fully saturated rings. The summed E-state index contributed by atoms with van der Waals surface area (Å²) >= 11 is 0. The lowest BCUT2D eigenvalue weighted by Gasteiger charge is -2.35. The molecule has 2 rings (SSSR count). The molecule has 23 heavy (non-hydrogen) atoms. The molecule has 0 bridgehead atoms. The van der Waals surface area contributed by atoms with Crippen molar-refractivity contribution in [3.05, 3.63) is 24.3 Å². The van der Waals surface area contributed by atoms with Gasteiger partial charge in [-0.15, -0.1) is 0 Å². The number of carbonyl (C=O) groups excluding carboxylic acids is 2. The number of benzene rings is 1. The average Bonchev–Trinajstić information content (AvgIpc) is 2.55. The average molecular weight is 318 g/mol. The first kappa shape index (κ1) is 17.3. The molecular formula is C17H26N4O2. The Kier molecular flexibility index (Phi) is 6.40. The zero-order chi connectivity index (χ0) is 16.7. The second-order valence-electron chi connectivity index (χ2n) is 5.89. The Bertz CT molecular complexity index is 547. The lowest BCUT2D eigenvalue weighted by molar-refractivity contribution is -0.116. The van der Waals surface area contributed by atoms with Gasteiger partial charge >= 0.3 is 6.03 Å². The van der Waals surface area contributed by atoms with Crippen LogP contribution in [-0.4, -0.2) is 36.0 Å². The van der Waals surface area contributed by atoms with Crippen molar-refractivity contribution in [2.24, 2.45) is 5.73 Å². The third kappa shape index (κ3) is 4.96. The van der Waals surface area contributed by atoms with E-state index in [1.54, 1.807) is 6.07 Å². The Balaban J connectivity index is 1.99. The molecule has 4 N–H and O–H groups in total. The van der Waals surface area contributed by atoms with Crippen molar-refractivity contribution >= 4 is 23.3 Å². The maximum Gasteiger partial charge on any atom is 0.322 e. The number of carbonyl (C=O) groups is 2. The van der Waals surface area contributed by atoms with Crippen LogP contribution in [0, 0.1) is 0 Å². The second kappa shape index (κ2) is 8.53. The molecule has 1 aliphatic rings. The fourth-order valence-corrected chi connectivity index (χ4v) is 2.83.